The number of hydrogen-bond acceptors (Lipinski definition) is 7. The van der Waals surface area contributed by atoms with E-state index < -0.39 is 0 Å². The van der Waals surface area contributed by atoms with Crippen LogP contribution in [0.1, 0.15) is 24.8 Å². The third kappa shape index (κ3) is 2.98. The van der Waals surface area contributed by atoms with Crippen LogP contribution in [0.2, 0.25) is 0 Å². The lowest BCUT2D eigenvalue weighted by molar-refractivity contribution is 0.237. The van der Waals surface area contributed by atoms with Gasteiger partial charge in [0.25, 0.3) is 0 Å². The Morgan fingerprint density at radius 1 is 1.27 bits per heavy atom. The van der Waals surface area contributed by atoms with Crippen LogP contribution in [-0.2, 0) is 0 Å². The van der Waals surface area contributed by atoms with Crippen molar-refractivity contribution in [3.8, 4) is 11.8 Å². The number of fused-ring (bicyclic) bond motifs is 1. The van der Waals surface area contributed by atoms with E-state index >= 15 is 0 Å². The number of hydrogen-bond donors (Lipinski definition) is 1. The molecule has 0 aliphatic carbocycles. The molecule has 2 saturated heterocycles. The van der Waals surface area contributed by atoms with Gasteiger partial charge in [0.05, 0.1) is 23.9 Å². The van der Waals surface area contributed by atoms with Gasteiger partial charge in [0.15, 0.2) is 0 Å². The summed E-state index contributed by atoms with van der Waals surface area (Å²) < 4.78 is 7.58. The Kier molecular flexibility index (Phi) is 4.65. The summed E-state index contributed by atoms with van der Waals surface area (Å²) in [5.74, 6) is 0.781. The fraction of sp³-hybridized carbons (Fsp3) is 0.474. The maximum absolute atomic E-state index is 9.62. The number of benzene rings is 1. The molecule has 2 aromatic rings. The molecular formula is C19H23N5OS. The Balaban J connectivity index is 1.64. The first-order valence-corrected chi connectivity index (χ1v) is 9.75. The summed E-state index contributed by atoms with van der Waals surface area (Å²) >= 11 is 1.37. The molecule has 136 valence electrons. The summed E-state index contributed by atoms with van der Waals surface area (Å²) in [6.45, 7) is 4.07. The third-order valence-electron chi connectivity index (χ3n) is 5.86. The van der Waals surface area contributed by atoms with E-state index in [9.17, 15) is 5.26 Å². The van der Waals surface area contributed by atoms with Crippen molar-refractivity contribution in [2.45, 2.75) is 19.3 Å². The van der Waals surface area contributed by atoms with Gasteiger partial charge in [-0.25, -0.2) is 4.31 Å². The number of aromatic nitrogens is 1. The lowest BCUT2D eigenvalue weighted by atomic mass is 9.77. The highest BCUT2D eigenvalue weighted by atomic mass is 32.2. The summed E-state index contributed by atoms with van der Waals surface area (Å²) in [5.41, 5.74) is 2.90. The van der Waals surface area contributed by atoms with Gasteiger partial charge >= 0.3 is 0 Å². The molecule has 0 radical (unpaired) electrons. The molecule has 0 amide bonds. The molecule has 0 bridgehead atoms. The van der Waals surface area contributed by atoms with Gasteiger partial charge in [-0.3, -0.25) is 10.1 Å². The Morgan fingerprint density at radius 3 is 2.69 bits per heavy atom. The monoisotopic (exact) mass is 369 g/mol. The van der Waals surface area contributed by atoms with Crippen LogP contribution >= 0.6 is 12.1 Å². The lowest BCUT2D eigenvalue weighted by Gasteiger charge is -2.40. The summed E-state index contributed by atoms with van der Waals surface area (Å²) in [6, 6.07) is 8.21. The van der Waals surface area contributed by atoms with Crippen molar-refractivity contribution in [3.05, 3.63) is 30.0 Å². The second kappa shape index (κ2) is 6.95. The molecule has 1 spiro atoms. The molecule has 2 N–H and O–H groups in total. The molecule has 2 aliphatic heterocycles. The number of nitriles is 1. The predicted molar refractivity (Wildman–Crippen MR) is 105 cm³/mol. The number of rotatable bonds is 3. The van der Waals surface area contributed by atoms with Crippen molar-refractivity contribution < 1.29 is 4.74 Å². The largest absolute Gasteiger partial charge is 0.497 e. The van der Waals surface area contributed by atoms with Crippen LogP contribution in [0.3, 0.4) is 0 Å². The van der Waals surface area contributed by atoms with E-state index in [4.69, 9.17) is 9.88 Å². The molecule has 1 aromatic carbocycles. The van der Waals surface area contributed by atoms with E-state index in [1.54, 1.807) is 13.3 Å². The second-order valence-corrected chi connectivity index (χ2v) is 7.95. The van der Waals surface area contributed by atoms with Gasteiger partial charge in [0.2, 0.25) is 0 Å². The van der Waals surface area contributed by atoms with E-state index in [1.807, 2.05) is 18.2 Å². The average molecular weight is 369 g/mol. The lowest BCUT2D eigenvalue weighted by Crippen LogP contribution is -2.41. The molecule has 4 rings (SSSR count). The molecule has 3 heterocycles. The maximum atomic E-state index is 9.62. The highest BCUT2D eigenvalue weighted by molar-refractivity contribution is 7.94. The van der Waals surface area contributed by atoms with Crippen LogP contribution in [0, 0.1) is 16.7 Å². The van der Waals surface area contributed by atoms with Crippen LogP contribution < -0.4 is 14.8 Å². The number of nitrogens with two attached hydrogens (primary N) is 1. The SMILES string of the molecule is COc1ccc2c(N3CCC4(CCN(SN)C4)CC3)c(C#N)cnc2c1. The second-order valence-electron chi connectivity index (χ2n) is 7.22. The molecule has 26 heavy (non-hydrogen) atoms. The van der Waals surface area contributed by atoms with Gasteiger partial charge in [-0.1, -0.05) is 0 Å². The van der Waals surface area contributed by atoms with Crippen molar-refractivity contribution >= 4 is 28.7 Å². The maximum Gasteiger partial charge on any atom is 0.121 e. The summed E-state index contributed by atoms with van der Waals surface area (Å²) in [7, 11) is 1.65. The Morgan fingerprint density at radius 2 is 2.04 bits per heavy atom. The Hall–Kier alpha value is -2.01. The van der Waals surface area contributed by atoms with E-state index in [0.29, 0.717) is 11.0 Å². The van der Waals surface area contributed by atoms with Crippen molar-refractivity contribution in [2.75, 3.05) is 38.2 Å². The van der Waals surface area contributed by atoms with Crippen molar-refractivity contribution in [2.24, 2.45) is 10.6 Å². The van der Waals surface area contributed by atoms with Crippen LogP contribution in [0.4, 0.5) is 5.69 Å². The van der Waals surface area contributed by atoms with Crippen molar-refractivity contribution in [1.82, 2.24) is 9.29 Å². The van der Waals surface area contributed by atoms with Crippen LogP contribution in [0.25, 0.3) is 10.9 Å². The molecule has 2 aliphatic rings. The summed E-state index contributed by atoms with van der Waals surface area (Å²) in [4.78, 5) is 6.82. The van der Waals surface area contributed by atoms with Gasteiger partial charge in [0, 0.05) is 56.0 Å². The normalized spacial score (nSPS) is 19.8. The van der Waals surface area contributed by atoms with E-state index in [0.717, 1.165) is 61.4 Å². The summed E-state index contributed by atoms with van der Waals surface area (Å²) in [5, 5.41) is 16.4. The molecule has 6 nitrogen and oxygen atoms in total. The van der Waals surface area contributed by atoms with E-state index in [2.05, 4.69) is 20.3 Å². The number of ether oxygens (including phenoxy) is 1. The van der Waals surface area contributed by atoms with Gasteiger partial charge < -0.3 is 9.64 Å². The van der Waals surface area contributed by atoms with Gasteiger partial charge in [-0.05, 0) is 36.8 Å². The van der Waals surface area contributed by atoms with E-state index in [-0.39, 0.29) is 0 Å². The first kappa shape index (κ1) is 17.4. The zero-order valence-electron chi connectivity index (χ0n) is 14.9. The molecular weight excluding hydrogens is 346 g/mol. The van der Waals surface area contributed by atoms with Crippen LogP contribution in [0.5, 0.6) is 5.75 Å². The standard InChI is InChI=1S/C19H23N5OS/c1-25-15-2-3-16-17(10-15)22-12-14(11-20)18(16)23-7-4-19(5-8-23)6-9-24(13-19)26-21/h2-3,10,12H,4-9,13,21H2,1H3. The predicted octanol–water partition coefficient (Wildman–Crippen LogP) is 2.93. The molecule has 0 atom stereocenters. The molecule has 7 heteroatoms. The molecule has 2 fully saturated rings. The number of piperidine rings is 1. The smallest absolute Gasteiger partial charge is 0.121 e. The topological polar surface area (TPSA) is 78.4 Å². The third-order valence-corrected chi connectivity index (χ3v) is 6.47. The molecule has 0 unspecified atom stereocenters. The van der Waals surface area contributed by atoms with Crippen LogP contribution in [-0.4, -0.2) is 42.6 Å². The van der Waals surface area contributed by atoms with Gasteiger partial charge in [0.1, 0.15) is 11.8 Å². The Bertz CT molecular complexity index is 857. The first-order valence-electron chi connectivity index (χ1n) is 8.92. The minimum Gasteiger partial charge on any atom is -0.497 e. The first-order chi connectivity index (χ1) is 12.7. The Labute approximate surface area is 158 Å². The van der Waals surface area contributed by atoms with Gasteiger partial charge in [-0.2, -0.15) is 5.26 Å². The average Bonchev–Trinajstić information content (AvgIpc) is 3.10. The number of anilines is 1. The number of pyridine rings is 1. The number of methoxy groups -OCH3 is 1. The zero-order chi connectivity index (χ0) is 18.1. The quantitative estimate of drug-likeness (QED) is 0.833. The highest BCUT2D eigenvalue weighted by Gasteiger charge is 2.41. The van der Waals surface area contributed by atoms with E-state index in [1.165, 1.54) is 18.6 Å². The minimum atomic E-state index is 0.377. The fourth-order valence-corrected chi connectivity index (χ4v) is 4.85. The zero-order valence-corrected chi connectivity index (χ0v) is 15.8. The minimum absolute atomic E-state index is 0.377. The number of nitrogens with zero attached hydrogens (tertiary/aromatic N) is 4. The van der Waals surface area contributed by atoms with Gasteiger partial charge in [-0.15, -0.1) is 0 Å². The molecule has 0 saturated carbocycles. The van der Waals surface area contributed by atoms with Crippen molar-refractivity contribution in [3.63, 3.8) is 0 Å². The highest BCUT2D eigenvalue weighted by Crippen LogP contribution is 2.43. The van der Waals surface area contributed by atoms with Crippen LogP contribution in [0.15, 0.2) is 24.4 Å². The van der Waals surface area contributed by atoms with Crippen molar-refractivity contribution in [1.29, 1.82) is 5.26 Å². The molecule has 1 aromatic heterocycles. The summed E-state index contributed by atoms with van der Waals surface area (Å²) in [6.07, 6.45) is 5.16. The fourth-order valence-electron chi connectivity index (χ4n) is 4.31.